The van der Waals surface area contributed by atoms with Crippen molar-refractivity contribution >= 4 is 5.91 Å². The lowest BCUT2D eigenvalue weighted by Crippen LogP contribution is -2.47. The lowest BCUT2D eigenvalue weighted by molar-refractivity contribution is -0.131. The Kier molecular flexibility index (Phi) is 3.77. The molecule has 1 N–H and O–H groups in total. The number of hydrogen-bond donors (Lipinski definition) is 1. The number of amides is 1. The maximum Gasteiger partial charge on any atom is 0.223 e. The highest BCUT2D eigenvalue weighted by Crippen LogP contribution is 2.35. The number of hydrogen-bond acceptors (Lipinski definition) is 2. The van der Waals surface area contributed by atoms with E-state index in [1.165, 1.54) is 0 Å². The van der Waals surface area contributed by atoms with E-state index in [9.17, 15) is 4.79 Å². The first-order valence-electron chi connectivity index (χ1n) is 5.84. The van der Waals surface area contributed by atoms with Gasteiger partial charge in [-0.05, 0) is 26.8 Å². The largest absolute Gasteiger partial charge is 0.337 e. The SMILES string of the molecule is CNCC1CC(=O)N(CC(C)C)C1(C)C. The summed E-state index contributed by atoms with van der Waals surface area (Å²) >= 11 is 0. The zero-order valence-electron chi connectivity index (χ0n) is 10.6. The normalized spacial score (nSPS) is 25.3. The van der Waals surface area contributed by atoms with Crippen LogP contribution in [0.2, 0.25) is 0 Å². The molecule has 1 fully saturated rings. The van der Waals surface area contributed by atoms with Gasteiger partial charge in [0.25, 0.3) is 0 Å². The molecule has 0 aliphatic carbocycles. The minimum atomic E-state index is 0.00433. The van der Waals surface area contributed by atoms with Crippen molar-refractivity contribution in [1.29, 1.82) is 0 Å². The van der Waals surface area contributed by atoms with Crippen LogP contribution in [0.15, 0.2) is 0 Å². The van der Waals surface area contributed by atoms with Gasteiger partial charge in [-0.1, -0.05) is 13.8 Å². The van der Waals surface area contributed by atoms with E-state index in [1.807, 2.05) is 7.05 Å². The standard InChI is InChI=1S/C12H24N2O/c1-9(2)8-14-11(15)6-10(7-13-5)12(14,3)4/h9-10,13H,6-8H2,1-5H3. The third kappa shape index (κ3) is 2.51. The summed E-state index contributed by atoms with van der Waals surface area (Å²) in [5.74, 6) is 1.30. The fraction of sp³-hybridized carbons (Fsp3) is 0.917. The topological polar surface area (TPSA) is 32.3 Å². The molecule has 0 bridgehead atoms. The summed E-state index contributed by atoms with van der Waals surface area (Å²) < 4.78 is 0. The highest BCUT2D eigenvalue weighted by molar-refractivity contribution is 5.80. The molecule has 0 spiro atoms. The summed E-state index contributed by atoms with van der Waals surface area (Å²) in [7, 11) is 1.95. The van der Waals surface area contributed by atoms with Gasteiger partial charge in [0.1, 0.15) is 0 Å². The number of likely N-dealkylation sites (tertiary alicyclic amines) is 1. The molecule has 0 aromatic heterocycles. The summed E-state index contributed by atoms with van der Waals surface area (Å²) in [6.45, 7) is 10.5. The molecule has 3 nitrogen and oxygen atoms in total. The number of nitrogens with zero attached hydrogens (tertiary/aromatic N) is 1. The average molecular weight is 212 g/mol. The summed E-state index contributed by atoms with van der Waals surface area (Å²) in [6.07, 6.45) is 0.695. The third-order valence-corrected chi connectivity index (χ3v) is 3.42. The molecule has 88 valence electrons. The van der Waals surface area contributed by atoms with E-state index in [-0.39, 0.29) is 5.54 Å². The Morgan fingerprint density at radius 1 is 1.53 bits per heavy atom. The Labute approximate surface area is 93.2 Å². The Bertz CT molecular complexity index is 236. The smallest absolute Gasteiger partial charge is 0.223 e. The Morgan fingerprint density at radius 3 is 2.60 bits per heavy atom. The van der Waals surface area contributed by atoms with E-state index >= 15 is 0 Å². The van der Waals surface area contributed by atoms with E-state index in [4.69, 9.17) is 0 Å². The highest BCUT2D eigenvalue weighted by atomic mass is 16.2. The molecule has 0 aromatic rings. The second-order valence-corrected chi connectivity index (χ2v) is 5.51. The molecule has 1 heterocycles. The van der Waals surface area contributed by atoms with Crippen LogP contribution >= 0.6 is 0 Å². The van der Waals surface area contributed by atoms with Gasteiger partial charge in [0.15, 0.2) is 0 Å². The Hall–Kier alpha value is -0.570. The monoisotopic (exact) mass is 212 g/mol. The van der Waals surface area contributed by atoms with Crippen LogP contribution in [0.3, 0.4) is 0 Å². The maximum atomic E-state index is 11.9. The van der Waals surface area contributed by atoms with Crippen LogP contribution in [-0.4, -0.2) is 36.5 Å². The molecule has 1 rings (SSSR count). The van der Waals surface area contributed by atoms with Crippen molar-refractivity contribution in [3.05, 3.63) is 0 Å². The second kappa shape index (κ2) is 4.52. The molecule has 1 saturated heterocycles. The quantitative estimate of drug-likeness (QED) is 0.765. The second-order valence-electron chi connectivity index (χ2n) is 5.51. The first-order valence-corrected chi connectivity index (χ1v) is 5.84. The molecule has 3 heteroatoms. The predicted molar refractivity (Wildman–Crippen MR) is 62.7 cm³/mol. The van der Waals surface area contributed by atoms with Gasteiger partial charge in [0, 0.05) is 31.0 Å². The molecule has 1 atom stereocenters. The first-order chi connectivity index (χ1) is 6.89. The van der Waals surface area contributed by atoms with Crippen LogP contribution in [-0.2, 0) is 4.79 Å². The molecule has 0 radical (unpaired) electrons. The van der Waals surface area contributed by atoms with E-state index < -0.39 is 0 Å². The average Bonchev–Trinajstić information content (AvgIpc) is 2.30. The Balaban J connectivity index is 2.75. The van der Waals surface area contributed by atoms with Crippen molar-refractivity contribution in [3.63, 3.8) is 0 Å². The summed E-state index contributed by atoms with van der Waals surface area (Å²) in [6, 6.07) is 0. The molecule has 1 unspecified atom stereocenters. The highest BCUT2D eigenvalue weighted by Gasteiger charge is 2.45. The minimum Gasteiger partial charge on any atom is -0.337 e. The zero-order valence-corrected chi connectivity index (χ0v) is 10.6. The molecule has 1 amide bonds. The molecular formula is C12H24N2O. The molecule has 0 aromatic carbocycles. The number of nitrogens with one attached hydrogen (secondary N) is 1. The van der Waals surface area contributed by atoms with E-state index in [2.05, 4.69) is 37.9 Å². The molecule has 15 heavy (non-hydrogen) atoms. The minimum absolute atomic E-state index is 0.00433. The molecular weight excluding hydrogens is 188 g/mol. The van der Waals surface area contributed by atoms with Gasteiger partial charge in [-0.3, -0.25) is 4.79 Å². The van der Waals surface area contributed by atoms with Crippen LogP contribution in [0, 0.1) is 11.8 Å². The van der Waals surface area contributed by atoms with Crippen molar-refractivity contribution in [1.82, 2.24) is 10.2 Å². The van der Waals surface area contributed by atoms with Crippen molar-refractivity contribution in [2.24, 2.45) is 11.8 Å². The van der Waals surface area contributed by atoms with Crippen LogP contribution in [0.4, 0.5) is 0 Å². The van der Waals surface area contributed by atoms with Crippen LogP contribution in [0.5, 0.6) is 0 Å². The zero-order chi connectivity index (χ0) is 11.6. The number of rotatable bonds is 4. The van der Waals surface area contributed by atoms with Crippen molar-refractivity contribution in [2.75, 3.05) is 20.1 Å². The van der Waals surface area contributed by atoms with Crippen molar-refractivity contribution in [3.8, 4) is 0 Å². The van der Waals surface area contributed by atoms with Crippen LogP contribution in [0.25, 0.3) is 0 Å². The van der Waals surface area contributed by atoms with Crippen LogP contribution in [0.1, 0.15) is 34.1 Å². The van der Waals surface area contributed by atoms with Gasteiger partial charge in [-0.15, -0.1) is 0 Å². The van der Waals surface area contributed by atoms with Crippen LogP contribution < -0.4 is 5.32 Å². The number of carbonyl (C=O) groups is 1. The third-order valence-electron chi connectivity index (χ3n) is 3.42. The first kappa shape index (κ1) is 12.5. The van der Waals surface area contributed by atoms with Gasteiger partial charge >= 0.3 is 0 Å². The lowest BCUT2D eigenvalue weighted by Gasteiger charge is -2.37. The van der Waals surface area contributed by atoms with E-state index in [0.29, 0.717) is 24.2 Å². The van der Waals surface area contributed by atoms with Crippen molar-refractivity contribution in [2.45, 2.75) is 39.7 Å². The Morgan fingerprint density at radius 2 is 2.13 bits per heavy atom. The fourth-order valence-corrected chi connectivity index (χ4v) is 2.38. The predicted octanol–water partition coefficient (Wildman–Crippen LogP) is 1.49. The number of carbonyl (C=O) groups excluding carboxylic acids is 1. The van der Waals surface area contributed by atoms with E-state index in [1.54, 1.807) is 0 Å². The van der Waals surface area contributed by atoms with Crippen molar-refractivity contribution < 1.29 is 4.79 Å². The molecule has 1 aliphatic heterocycles. The van der Waals surface area contributed by atoms with Gasteiger partial charge in [-0.25, -0.2) is 0 Å². The molecule has 0 saturated carbocycles. The fourth-order valence-electron chi connectivity index (χ4n) is 2.38. The summed E-state index contributed by atoms with van der Waals surface area (Å²) in [5, 5.41) is 3.18. The van der Waals surface area contributed by atoms with Gasteiger partial charge in [0.2, 0.25) is 5.91 Å². The maximum absolute atomic E-state index is 11.9. The van der Waals surface area contributed by atoms with E-state index in [0.717, 1.165) is 13.1 Å². The lowest BCUT2D eigenvalue weighted by atomic mass is 9.88. The van der Waals surface area contributed by atoms with Gasteiger partial charge < -0.3 is 10.2 Å². The van der Waals surface area contributed by atoms with Gasteiger partial charge in [0.05, 0.1) is 0 Å². The molecule has 1 aliphatic rings. The summed E-state index contributed by atoms with van der Waals surface area (Å²) in [4.78, 5) is 14.0. The van der Waals surface area contributed by atoms with Gasteiger partial charge in [-0.2, -0.15) is 0 Å². The summed E-state index contributed by atoms with van der Waals surface area (Å²) in [5.41, 5.74) is 0.00433.